The van der Waals surface area contributed by atoms with Gasteiger partial charge in [-0.05, 0) is 101 Å². The number of aliphatic hydroxyl groups excluding tert-OH is 1. The molecule has 0 aromatic carbocycles. The van der Waals surface area contributed by atoms with Gasteiger partial charge in [-0.2, -0.15) is 0 Å². The lowest BCUT2D eigenvalue weighted by Gasteiger charge is -2.58. The Morgan fingerprint density at radius 2 is 2.00 bits per heavy atom. The Morgan fingerprint density at radius 1 is 1.21 bits per heavy atom. The lowest BCUT2D eigenvalue weighted by Crippen LogP contribution is -2.51. The van der Waals surface area contributed by atoms with Gasteiger partial charge in [-0.25, -0.2) is 0 Å². The van der Waals surface area contributed by atoms with Crippen molar-refractivity contribution in [2.24, 2.45) is 39.5 Å². The molecule has 0 aromatic heterocycles. The highest BCUT2D eigenvalue weighted by Gasteiger charge is 2.58. The van der Waals surface area contributed by atoms with Crippen molar-refractivity contribution >= 4 is 5.71 Å². The molecule has 0 heterocycles. The van der Waals surface area contributed by atoms with Crippen molar-refractivity contribution in [1.82, 2.24) is 5.32 Å². The molecule has 2 N–H and O–H groups in total. The molecule has 158 valence electrons. The van der Waals surface area contributed by atoms with Crippen LogP contribution in [0, 0.1) is 34.5 Å². The molecule has 28 heavy (non-hydrogen) atoms. The fourth-order valence-electron chi connectivity index (χ4n) is 8.11. The molecule has 0 spiro atoms. The summed E-state index contributed by atoms with van der Waals surface area (Å²) in [7, 11) is 2.02. The van der Waals surface area contributed by atoms with Crippen molar-refractivity contribution in [2.45, 2.75) is 91.2 Å². The summed E-state index contributed by atoms with van der Waals surface area (Å²) in [4.78, 5) is 5.09. The molecular formula is C25H42N2O. The van der Waals surface area contributed by atoms with Crippen LogP contribution in [0.15, 0.2) is 16.6 Å². The highest BCUT2D eigenvalue weighted by atomic mass is 16.3. The van der Waals surface area contributed by atoms with E-state index in [1.807, 2.05) is 7.05 Å². The van der Waals surface area contributed by atoms with Crippen molar-refractivity contribution < 1.29 is 5.11 Å². The number of hydrogen-bond acceptors (Lipinski definition) is 3. The molecule has 1 unspecified atom stereocenters. The maximum atomic E-state index is 10.2. The number of nitrogens with one attached hydrogen (secondary N) is 1. The zero-order chi connectivity index (χ0) is 20.1. The van der Waals surface area contributed by atoms with Crippen LogP contribution in [0.3, 0.4) is 0 Å². The number of fused-ring (bicyclic) bond motifs is 5. The normalized spacial score (nSPS) is 47.0. The number of likely N-dealkylation sites (N-methyl/N-ethyl adjacent to an activating group) is 1. The molecule has 3 heteroatoms. The first-order chi connectivity index (χ1) is 13.3. The maximum Gasteiger partial charge on any atom is 0.0595 e. The second-order valence-electron chi connectivity index (χ2n) is 11.0. The van der Waals surface area contributed by atoms with Crippen molar-refractivity contribution in [3.05, 3.63) is 11.6 Å². The van der Waals surface area contributed by atoms with Gasteiger partial charge in [0, 0.05) is 18.2 Å². The van der Waals surface area contributed by atoms with E-state index in [0.717, 1.165) is 37.1 Å². The summed E-state index contributed by atoms with van der Waals surface area (Å²) >= 11 is 0. The van der Waals surface area contributed by atoms with Gasteiger partial charge >= 0.3 is 0 Å². The van der Waals surface area contributed by atoms with E-state index in [1.54, 1.807) is 5.57 Å². The summed E-state index contributed by atoms with van der Waals surface area (Å²) in [6, 6.07) is 0.372. The fraction of sp³-hybridized carbons (Fsp3) is 0.880. The summed E-state index contributed by atoms with van der Waals surface area (Å²) in [5.74, 6) is 3.19. The standard InChI is InChI=1S/C25H42N2O/c1-16(15-26-5)27-17(2)21-8-9-22-20-7-6-18-14-19(28)10-12-24(18,3)23(20)11-13-25(21,22)4/h6,16,19-23,26,28H,7-15H2,1-5H3/t16?,19-,20+,21-,22+,23+,24+,25-/m1/s1. The predicted octanol–water partition coefficient (Wildman–Crippen LogP) is 5.00. The van der Waals surface area contributed by atoms with Crippen molar-refractivity contribution in [3.8, 4) is 0 Å². The van der Waals surface area contributed by atoms with E-state index in [1.165, 1.54) is 44.2 Å². The van der Waals surface area contributed by atoms with Gasteiger partial charge in [0.2, 0.25) is 0 Å². The summed E-state index contributed by atoms with van der Waals surface area (Å²) in [5, 5.41) is 13.5. The molecule has 4 aliphatic rings. The smallest absolute Gasteiger partial charge is 0.0595 e. The quantitative estimate of drug-likeness (QED) is 0.528. The molecule has 0 aromatic rings. The van der Waals surface area contributed by atoms with Crippen LogP contribution in [0.5, 0.6) is 0 Å². The molecule has 0 bridgehead atoms. The van der Waals surface area contributed by atoms with Crippen LogP contribution in [-0.2, 0) is 0 Å². The van der Waals surface area contributed by atoms with Gasteiger partial charge in [0.1, 0.15) is 0 Å². The Labute approximate surface area is 172 Å². The first kappa shape index (κ1) is 20.6. The van der Waals surface area contributed by atoms with E-state index >= 15 is 0 Å². The zero-order valence-electron chi connectivity index (χ0n) is 18.8. The maximum absolute atomic E-state index is 10.2. The van der Waals surface area contributed by atoms with Crippen molar-refractivity contribution in [1.29, 1.82) is 0 Å². The molecule has 3 saturated carbocycles. The fourth-order valence-corrected chi connectivity index (χ4v) is 8.11. The third-order valence-corrected chi connectivity index (χ3v) is 9.51. The summed E-state index contributed by atoms with van der Waals surface area (Å²) in [6.45, 7) is 10.6. The Bertz CT molecular complexity index is 655. The molecule has 4 rings (SSSR count). The Kier molecular flexibility index (Phi) is 5.55. The number of hydrogen-bond donors (Lipinski definition) is 2. The van der Waals surface area contributed by atoms with Crippen LogP contribution in [0.1, 0.15) is 79.1 Å². The number of nitrogens with zero attached hydrogens (tertiary/aromatic N) is 1. The summed E-state index contributed by atoms with van der Waals surface area (Å²) < 4.78 is 0. The highest BCUT2D eigenvalue weighted by molar-refractivity contribution is 5.85. The molecular weight excluding hydrogens is 344 g/mol. The van der Waals surface area contributed by atoms with E-state index in [4.69, 9.17) is 4.99 Å². The third-order valence-electron chi connectivity index (χ3n) is 9.51. The molecule has 0 radical (unpaired) electrons. The van der Waals surface area contributed by atoms with Gasteiger partial charge in [-0.1, -0.05) is 25.5 Å². The van der Waals surface area contributed by atoms with E-state index < -0.39 is 0 Å². The van der Waals surface area contributed by atoms with Gasteiger partial charge in [-0.15, -0.1) is 0 Å². The Morgan fingerprint density at radius 3 is 2.75 bits per heavy atom. The van der Waals surface area contributed by atoms with Gasteiger partial charge in [-0.3, -0.25) is 4.99 Å². The summed E-state index contributed by atoms with van der Waals surface area (Å²) in [6.07, 6.45) is 12.3. The monoisotopic (exact) mass is 386 g/mol. The number of aliphatic imine (C=N–C) groups is 1. The topological polar surface area (TPSA) is 44.6 Å². The largest absolute Gasteiger partial charge is 0.393 e. The average Bonchev–Trinajstić information content (AvgIpc) is 3.00. The van der Waals surface area contributed by atoms with Gasteiger partial charge < -0.3 is 10.4 Å². The summed E-state index contributed by atoms with van der Waals surface area (Å²) in [5.41, 5.74) is 3.78. The third kappa shape index (κ3) is 3.21. The van der Waals surface area contributed by atoms with Crippen molar-refractivity contribution in [3.63, 3.8) is 0 Å². The minimum atomic E-state index is -0.0981. The van der Waals surface area contributed by atoms with Crippen LogP contribution in [-0.4, -0.2) is 36.6 Å². The van der Waals surface area contributed by atoms with Crippen LogP contribution in [0.4, 0.5) is 0 Å². The number of rotatable bonds is 4. The number of allylic oxidation sites excluding steroid dienone is 1. The number of aliphatic hydroxyl groups is 1. The van der Waals surface area contributed by atoms with E-state index in [0.29, 0.717) is 22.8 Å². The molecule has 3 nitrogen and oxygen atoms in total. The second kappa shape index (κ2) is 7.54. The van der Waals surface area contributed by atoms with Crippen LogP contribution in [0.2, 0.25) is 0 Å². The first-order valence-corrected chi connectivity index (χ1v) is 11.9. The molecule has 4 aliphatic carbocycles. The minimum Gasteiger partial charge on any atom is -0.393 e. The van der Waals surface area contributed by atoms with Crippen LogP contribution in [0.25, 0.3) is 0 Å². The van der Waals surface area contributed by atoms with Crippen LogP contribution >= 0.6 is 0 Å². The first-order valence-electron chi connectivity index (χ1n) is 11.9. The predicted molar refractivity (Wildman–Crippen MR) is 118 cm³/mol. The Hall–Kier alpha value is -0.670. The molecule has 0 saturated heterocycles. The lowest BCUT2D eigenvalue weighted by atomic mass is 9.47. The van der Waals surface area contributed by atoms with E-state index in [-0.39, 0.29) is 6.10 Å². The lowest BCUT2D eigenvalue weighted by molar-refractivity contribution is -0.0423. The van der Waals surface area contributed by atoms with Gasteiger partial charge in [0.05, 0.1) is 12.1 Å². The second-order valence-corrected chi connectivity index (χ2v) is 11.0. The van der Waals surface area contributed by atoms with Gasteiger partial charge in [0.25, 0.3) is 0 Å². The minimum absolute atomic E-state index is 0.0981. The highest BCUT2D eigenvalue weighted by Crippen LogP contribution is 2.66. The van der Waals surface area contributed by atoms with E-state index in [9.17, 15) is 5.11 Å². The van der Waals surface area contributed by atoms with Crippen LogP contribution < -0.4 is 5.32 Å². The molecule has 0 aliphatic heterocycles. The zero-order valence-corrected chi connectivity index (χ0v) is 18.8. The van der Waals surface area contributed by atoms with E-state index in [2.05, 4.69) is 39.1 Å². The molecule has 8 atom stereocenters. The molecule has 0 amide bonds. The van der Waals surface area contributed by atoms with Crippen molar-refractivity contribution in [2.75, 3.05) is 13.6 Å². The average molecular weight is 387 g/mol. The van der Waals surface area contributed by atoms with Gasteiger partial charge in [0.15, 0.2) is 0 Å². The SMILES string of the molecule is CNCC(C)N=C(C)[C@H]1CC[C@H]2[C@@H]3CC=C4C[C@H](O)CC[C@]4(C)[C@H]3CC[C@]12C. The Balaban J connectivity index is 1.57. The molecule has 3 fully saturated rings.